The zero-order valence-corrected chi connectivity index (χ0v) is 9.56. The van der Waals surface area contributed by atoms with Gasteiger partial charge in [0.1, 0.15) is 5.54 Å². The van der Waals surface area contributed by atoms with Gasteiger partial charge in [0.25, 0.3) is 0 Å². The van der Waals surface area contributed by atoms with Gasteiger partial charge in [-0.05, 0) is 27.3 Å². The molecule has 0 aliphatic carbocycles. The lowest BCUT2D eigenvalue weighted by Crippen LogP contribution is -2.55. The van der Waals surface area contributed by atoms with Crippen molar-refractivity contribution in [2.45, 2.75) is 38.0 Å². The van der Waals surface area contributed by atoms with E-state index in [0.717, 1.165) is 13.0 Å². The summed E-state index contributed by atoms with van der Waals surface area (Å²) in [5.41, 5.74) is 4.49. The summed E-state index contributed by atoms with van der Waals surface area (Å²) in [6, 6.07) is 0.271. The zero-order valence-electron chi connectivity index (χ0n) is 9.56. The van der Waals surface area contributed by atoms with Gasteiger partial charge in [-0.1, -0.05) is 0 Å². The van der Waals surface area contributed by atoms with Crippen molar-refractivity contribution in [1.82, 2.24) is 4.90 Å². The van der Waals surface area contributed by atoms with Gasteiger partial charge in [-0.3, -0.25) is 9.69 Å². The van der Waals surface area contributed by atoms with E-state index in [4.69, 9.17) is 15.6 Å². The van der Waals surface area contributed by atoms with E-state index in [9.17, 15) is 4.79 Å². The maximum Gasteiger partial charge on any atom is 0.324 e. The number of nitrogens with zero attached hydrogens (tertiary/aromatic N) is 1. The maximum absolute atomic E-state index is 10.9. The monoisotopic (exact) mass is 216 g/mol. The van der Waals surface area contributed by atoms with Crippen LogP contribution in [-0.4, -0.2) is 53.9 Å². The minimum atomic E-state index is -1.20. The average molecular weight is 216 g/mol. The molecule has 0 spiro atoms. The van der Waals surface area contributed by atoms with E-state index in [-0.39, 0.29) is 12.1 Å². The van der Waals surface area contributed by atoms with Crippen molar-refractivity contribution in [1.29, 1.82) is 0 Å². The second-order valence-electron chi connectivity index (χ2n) is 4.57. The fraction of sp³-hybridized carbons (Fsp3) is 0.900. The number of carbonyl (C=O) groups is 1. The number of aliphatic carboxylic acids is 1. The molecule has 0 aromatic rings. The topological polar surface area (TPSA) is 75.8 Å². The standard InChI is InChI=1S/C10H20N2O3/c1-7-8(4-5-15-7)12(3)6-10(2,11)9(13)14/h7-8H,4-6,11H2,1-3H3,(H,13,14). The van der Waals surface area contributed by atoms with Gasteiger partial charge in [0, 0.05) is 19.2 Å². The van der Waals surface area contributed by atoms with Crippen molar-refractivity contribution in [3.05, 3.63) is 0 Å². The molecule has 0 amide bonds. The molecular weight excluding hydrogens is 196 g/mol. The molecule has 0 aromatic carbocycles. The molecule has 3 N–H and O–H groups in total. The molecule has 1 heterocycles. The Morgan fingerprint density at radius 1 is 1.73 bits per heavy atom. The molecule has 3 unspecified atom stereocenters. The fourth-order valence-electron chi connectivity index (χ4n) is 2.00. The van der Waals surface area contributed by atoms with E-state index in [1.165, 1.54) is 6.92 Å². The molecule has 0 bridgehead atoms. The molecule has 0 radical (unpaired) electrons. The third kappa shape index (κ3) is 2.90. The summed E-state index contributed by atoms with van der Waals surface area (Å²) >= 11 is 0. The Morgan fingerprint density at radius 2 is 2.33 bits per heavy atom. The summed E-state index contributed by atoms with van der Waals surface area (Å²) in [6.07, 6.45) is 1.09. The van der Waals surface area contributed by atoms with Crippen LogP contribution in [0.2, 0.25) is 0 Å². The lowest BCUT2D eigenvalue weighted by atomic mass is 10.0. The first kappa shape index (κ1) is 12.4. The summed E-state index contributed by atoms with van der Waals surface area (Å²) in [5.74, 6) is -0.971. The predicted molar refractivity (Wildman–Crippen MR) is 56.7 cm³/mol. The van der Waals surface area contributed by atoms with Crippen molar-refractivity contribution in [2.75, 3.05) is 20.2 Å². The summed E-state index contributed by atoms with van der Waals surface area (Å²) in [6.45, 7) is 4.61. The molecular formula is C10H20N2O3. The SMILES string of the molecule is CC1OCCC1N(C)CC(C)(N)C(=O)O. The zero-order chi connectivity index (χ0) is 11.6. The lowest BCUT2D eigenvalue weighted by Gasteiger charge is -2.32. The number of carboxylic acid groups (broad SMARTS) is 1. The molecule has 5 nitrogen and oxygen atoms in total. The number of nitrogens with two attached hydrogens (primary N) is 1. The van der Waals surface area contributed by atoms with Crippen molar-refractivity contribution in [3.63, 3.8) is 0 Å². The largest absolute Gasteiger partial charge is 0.480 e. The van der Waals surface area contributed by atoms with Gasteiger partial charge < -0.3 is 15.6 Å². The van der Waals surface area contributed by atoms with Crippen LogP contribution in [0.5, 0.6) is 0 Å². The molecule has 0 saturated carbocycles. The smallest absolute Gasteiger partial charge is 0.324 e. The fourth-order valence-corrected chi connectivity index (χ4v) is 2.00. The van der Waals surface area contributed by atoms with Gasteiger partial charge in [-0.15, -0.1) is 0 Å². The summed E-state index contributed by atoms with van der Waals surface area (Å²) in [4.78, 5) is 12.8. The summed E-state index contributed by atoms with van der Waals surface area (Å²) < 4.78 is 5.43. The molecule has 88 valence electrons. The predicted octanol–water partition coefficient (Wildman–Crippen LogP) is -0.102. The van der Waals surface area contributed by atoms with Crippen LogP contribution in [-0.2, 0) is 9.53 Å². The number of carboxylic acids is 1. The van der Waals surface area contributed by atoms with Gasteiger partial charge in [-0.2, -0.15) is 0 Å². The van der Waals surface area contributed by atoms with E-state index in [1.807, 2.05) is 18.9 Å². The van der Waals surface area contributed by atoms with Gasteiger partial charge >= 0.3 is 5.97 Å². The molecule has 0 aromatic heterocycles. The molecule has 1 aliphatic rings. The molecule has 1 rings (SSSR count). The highest BCUT2D eigenvalue weighted by molar-refractivity contribution is 5.78. The summed E-state index contributed by atoms with van der Waals surface area (Å²) in [7, 11) is 1.89. The van der Waals surface area contributed by atoms with Gasteiger partial charge in [-0.25, -0.2) is 0 Å². The molecule has 5 heteroatoms. The molecule has 15 heavy (non-hydrogen) atoms. The van der Waals surface area contributed by atoms with Crippen molar-refractivity contribution in [2.24, 2.45) is 5.73 Å². The first-order valence-corrected chi connectivity index (χ1v) is 5.18. The molecule has 3 atom stereocenters. The Hall–Kier alpha value is -0.650. The minimum Gasteiger partial charge on any atom is -0.480 e. The molecule has 1 saturated heterocycles. The van der Waals surface area contributed by atoms with E-state index in [0.29, 0.717) is 6.54 Å². The highest BCUT2D eigenvalue weighted by Gasteiger charge is 2.35. The van der Waals surface area contributed by atoms with Crippen LogP contribution < -0.4 is 5.73 Å². The second kappa shape index (κ2) is 4.47. The quantitative estimate of drug-likeness (QED) is 0.686. The minimum absolute atomic E-state index is 0.152. The third-order valence-electron chi connectivity index (χ3n) is 2.97. The Balaban J connectivity index is 2.54. The first-order chi connectivity index (χ1) is 6.84. The van der Waals surface area contributed by atoms with Crippen LogP contribution in [0.15, 0.2) is 0 Å². The third-order valence-corrected chi connectivity index (χ3v) is 2.97. The number of ether oxygens (including phenoxy) is 1. The Labute approximate surface area is 90.2 Å². The first-order valence-electron chi connectivity index (χ1n) is 5.18. The maximum atomic E-state index is 10.9. The lowest BCUT2D eigenvalue weighted by molar-refractivity contribution is -0.143. The van der Waals surface area contributed by atoms with Gasteiger partial charge in [0.15, 0.2) is 0 Å². The number of likely N-dealkylation sites (N-methyl/N-ethyl adjacent to an activating group) is 1. The van der Waals surface area contributed by atoms with Crippen LogP contribution in [0.3, 0.4) is 0 Å². The summed E-state index contributed by atoms with van der Waals surface area (Å²) in [5, 5.41) is 8.92. The van der Waals surface area contributed by atoms with Crippen LogP contribution in [0.1, 0.15) is 20.3 Å². The Bertz CT molecular complexity index is 243. The highest BCUT2D eigenvalue weighted by atomic mass is 16.5. The van der Waals surface area contributed by atoms with Crippen LogP contribution in [0.4, 0.5) is 0 Å². The van der Waals surface area contributed by atoms with Crippen LogP contribution in [0.25, 0.3) is 0 Å². The number of hydrogen-bond acceptors (Lipinski definition) is 4. The van der Waals surface area contributed by atoms with Gasteiger partial charge in [0.2, 0.25) is 0 Å². The van der Waals surface area contributed by atoms with Gasteiger partial charge in [0.05, 0.1) is 6.10 Å². The number of rotatable bonds is 4. The van der Waals surface area contributed by atoms with Crippen LogP contribution in [0, 0.1) is 0 Å². The van der Waals surface area contributed by atoms with E-state index < -0.39 is 11.5 Å². The average Bonchev–Trinajstić information content (AvgIpc) is 2.50. The Kier molecular flexibility index (Phi) is 3.70. The van der Waals surface area contributed by atoms with E-state index in [1.54, 1.807) is 0 Å². The van der Waals surface area contributed by atoms with Crippen molar-refractivity contribution < 1.29 is 14.6 Å². The van der Waals surface area contributed by atoms with Crippen molar-refractivity contribution in [3.8, 4) is 0 Å². The van der Waals surface area contributed by atoms with Crippen molar-refractivity contribution >= 4 is 5.97 Å². The highest BCUT2D eigenvalue weighted by Crippen LogP contribution is 2.19. The molecule has 1 fully saturated rings. The molecule has 1 aliphatic heterocycles. The van der Waals surface area contributed by atoms with E-state index >= 15 is 0 Å². The normalized spacial score (nSPS) is 30.5. The van der Waals surface area contributed by atoms with Crippen LogP contribution >= 0.6 is 0 Å². The van der Waals surface area contributed by atoms with E-state index in [2.05, 4.69) is 0 Å². The number of hydrogen-bond donors (Lipinski definition) is 2. The Morgan fingerprint density at radius 3 is 2.73 bits per heavy atom. The second-order valence-corrected chi connectivity index (χ2v) is 4.57.